The van der Waals surface area contributed by atoms with Crippen molar-refractivity contribution in [3.63, 3.8) is 0 Å². The number of aromatic nitrogens is 4. The fourth-order valence-corrected chi connectivity index (χ4v) is 8.35. The molecular formula is C46H58N4O4. The third-order valence-corrected chi connectivity index (χ3v) is 10.7. The Morgan fingerprint density at radius 1 is 0.519 bits per heavy atom. The van der Waals surface area contributed by atoms with Gasteiger partial charge in [-0.25, -0.2) is 19.6 Å². The van der Waals surface area contributed by atoms with Crippen LogP contribution in [0.25, 0.3) is 56.5 Å². The van der Waals surface area contributed by atoms with Crippen LogP contribution in [0.1, 0.15) is 151 Å². The molecule has 0 amide bonds. The van der Waals surface area contributed by atoms with Crippen molar-refractivity contribution in [3.05, 3.63) is 80.4 Å². The maximum absolute atomic E-state index is 12.8. The number of nitrogens with zero attached hydrogens (tertiary/aromatic N) is 2. The number of aryl methyl sites for hydroxylation is 4. The first-order valence-corrected chi connectivity index (χ1v) is 20.2. The predicted octanol–water partition coefficient (Wildman–Crippen LogP) is 11.2. The highest BCUT2D eigenvalue weighted by Crippen LogP contribution is 2.42. The monoisotopic (exact) mass is 730 g/mol. The number of nitrogens with one attached hydrogen (secondary N) is 2. The highest BCUT2D eigenvalue weighted by molar-refractivity contribution is 6.02. The molecular weight excluding hydrogens is 673 g/mol. The highest BCUT2D eigenvalue weighted by Gasteiger charge is 2.26. The lowest BCUT2D eigenvalue weighted by atomic mass is 9.94. The molecule has 8 nitrogen and oxygen atoms in total. The van der Waals surface area contributed by atoms with Gasteiger partial charge in [0, 0.05) is 34.3 Å². The summed E-state index contributed by atoms with van der Waals surface area (Å²) in [6.07, 6.45) is 13.2. The number of aromatic amines is 2. The van der Waals surface area contributed by atoms with Crippen LogP contribution < -0.4 is 0 Å². The Morgan fingerprint density at radius 3 is 1.20 bits per heavy atom. The lowest BCUT2D eigenvalue weighted by Crippen LogP contribution is -1.99. The van der Waals surface area contributed by atoms with Crippen molar-refractivity contribution in [3.8, 4) is 0 Å². The number of allylic oxidation sites excluding steroid dienone is 4. The lowest BCUT2D eigenvalue weighted by Gasteiger charge is -2.08. The first-order valence-electron chi connectivity index (χ1n) is 20.2. The molecule has 3 aromatic rings. The van der Waals surface area contributed by atoms with Crippen LogP contribution in [-0.2, 0) is 44.7 Å². The van der Waals surface area contributed by atoms with Gasteiger partial charge in [0.25, 0.3) is 0 Å². The second kappa shape index (κ2) is 17.9. The van der Waals surface area contributed by atoms with E-state index in [9.17, 15) is 9.59 Å². The average Bonchev–Trinajstić information content (AvgIpc) is 3.91. The quantitative estimate of drug-likeness (QED) is 0.126. The Bertz CT molecular complexity index is 2070. The summed E-state index contributed by atoms with van der Waals surface area (Å²) in [5.74, 6) is -0.764. The zero-order valence-corrected chi connectivity index (χ0v) is 34.1. The normalized spacial score (nSPS) is 13.2. The topological polar surface area (TPSA) is 110 Å². The molecule has 0 atom stereocenters. The number of rotatable bonds is 14. The van der Waals surface area contributed by atoms with Crippen LogP contribution in [-0.4, -0.2) is 45.1 Å². The number of carbonyl (C=O) groups excluding carboxylic acids is 2. The van der Waals surface area contributed by atoms with E-state index in [1.807, 2.05) is 26.0 Å². The molecule has 54 heavy (non-hydrogen) atoms. The van der Waals surface area contributed by atoms with Gasteiger partial charge in [0.2, 0.25) is 0 Å². The van der Waals surface area contributed by atoms with E-state index < -0.39 is 0 Å². The largest absolute Gasteiger partial charge is 0.463 e. The first-order chi connectivity index (χ1) is 26.2. The van der Waals surface area contributed by atoms with Crippen molar-refractivity contribution in [2.75, 3.05) is 13.2 Å². The minimum absolute atomic E-state index is 0.303. The van der Waals surface area contributed by atoms with Crippen LogP contribution >= 0.6 is 0 Å². The van der Waals surface area contributed by atoms with Crippen LogP contribution in [0.15, 0.2) is 24.3 Å². The van der Waals surface area contributed by atoms with Gasteiger partial charge in [0.1, 0.15) is 0 Å². The van der Waals surface area contributed by atoms with E-state index in [1.54, 1.807) is 0 Å². The summed E-state index contributed by atoms with van der Waals surface area (Å²) in [5, 5.41) is 0. The van der Waals surface area contributed by atoms with E-state index in [2.05, 4.69) is 77.5 Å². The Balaban J connectivity index is 2.14. The molecule has 8 heteroatoms. The zero-order chi connectivity index (χ0) is 39.1. The molecule has 0 spiro atoms. The molecule has 5 heterocycles. The van der Waals surface area contributed by atoms with Gasteiger partial charge in [-0.2, -0.15) is 0 Å². The van der Waals surface area contributed by atoms with Crippen molar-refractivity contribution in [2.45, 2.75) is 121 Å². The van der Waals surface area contributed by atoms with Crippen molar-refractivity contribution >= 4 is 68.4 Å². The molecule has 0 radical (unpaired) electrons. The van der Waals surface area contributed by atoms with Gasteiger partial charge < -0.3 is 19.4 Å². The van der Waals surface area contributed by atoms with E-state index in [0.29, 0.717) is 13.2 Å². The maximum atomic E-state index is 12.8. The number of ether oxygens (including phenoxy) is 2. The van der Waals surface area contributed by atoms with E-state index in [0.717, 1.165) is 118 Å². The summed E-state index contributed by atoms with van der Waals surface area (Å²) >= 11 is 0. The molecule has 2 N–H and O–H groups in total. The summed E-state index contributed by atoms with van der Waals surface area (Å²) < 4.78 is 10.7. The predicted molar refractivity (Wildman–Crippen MR) is 225 cm³/mol. The number of hydrogen-bond donors (Lipinski definition) is 2. The van der Waals surface area contributed by atoms with Crippen LogP contribution in [0.5, 0.6) is 0 Å². The smallest absolute Gasteiger partial charge is 0.330 e. The molecule has 8 bridgehead atoms. The van der Waals surface area contributed by atoms with Gasteiger partial charge in [0.15, 0.2) is 0 Å². The molecule has 2 aliphatic heterocycles. The average molecular weight is 731 g/mol. The lowest BCUT2D eigenvalue weighted by molar-refractivity contribution is -0.138. The molecule has 0 saturated carbocycles. The highest BCUT2D eigenvalue weighted by atomic mass is 16.5. The summed E-state index contributed by atoms with van der Waals surface area (Å²) in [6.45, 7) is 21.7. The molecule has 2 aliphatic rings. The third-order valence-electron chi connectivity index (χ3n) is 10.7. The molecule has 5 rings (SSSR count). The zero-order valence-electron chi connectivity index (χ0n) is 34.1. The summed E-state index contributed by atoms with van der Waals surface area (Å²) in [4.78, 5) is 44.2. The minimum Gasteiger partial charge on any atom is -0.463 e. The molecule has 3 aromatic heterocycles. The van der Waals surface area contributed by atoms with Crippen LogP contribution in [0.3, 0.4) is 0 Å². The number of esters is 2. The van der Waals surface area contributed by atoms with E-state index >= 15 is 0 Å². The van der Waals surface area contributed by atoms with Gasteiger partial charge in [-0.15, -0.1) is 0 Å². The standard InChI is InChI=1S/C46H58N4O4/c1-11-27-31(15-5)43-35(21-23-41(51)53-19-9)44-33(17-7)29(13-3)39(49-44)26-40-30(14-4)34(18-8)46(50-40)36(22-24-42(52)54-20-10)45-32(16-6)28(12-2)38(48-45)25-37(27)47-43/h21-26,47-48H,11-20H2,1-10H3/b23-21+,24-22+,37-25?,38-25?,39-26?,40-26?,43-35?,44-35?,45-36?,46-36?. The Morgan fingerprint density at radius 2 is 0.889 bits per heavy atom. The molecule has 0 aliphatic carbocycles. The van der Waals surface area contributed by atoms with Crippen molar-refractivity contribution < 1.29 is 19.1 Å². The Labute approximate surface area is 320 Å². The van der Waals surface area contributed by atoms with E-state index in [-0.39, 0.29) is 11.9 Å². The van der Waals surface area contributed by atoms with E-state index in [4.69, 9.17) is 19.4 Å². The van der Waals surface area contributed by atoms with Crippen molar-refractivity contribution in [1.82, 2.24) is 19.9 Å². The number of carbonyl (C=O) groups is 2. The van der Waals surface area contributed by atoms with Crippen molar-refractivity contribution in [2.24, 2.45) is 0 Å². The van der Waals surface area contributed by atoms with Gasteiger partial charge in [-0.1, -0.05) is 55.4 Å². The fourth-order valence-electron chi connectivity index (χ4n) is 8.35. The molecule has 0 saturated heterocycles. The van der Waals surface area contributed by atoms with E-state index in [1.165, 1.54) is 45.6 Å². The molecule has 0 aromatic carbocycles. The molecule has 286 valence electrons. The van der Waals surface area contributed by atoms with Gasteiger partial charge in [0.05, 0.1) is 47.0 Å². The Hall–Kier alpha value is -4.98. The van der Waals surface area contributed by atoms with Crippen LogP contribution in [0.2, 0.25) is 0 Å². The summed E-state index contributed by atoms with van der Waals surface area (Å²) in [7, 11) is 0. The van der Waals surface area contributed by atoms with Gasteiger partial charge in [-0.3, -0.25) is 0 Å². The molecule has 0 fully saturated rings. The second-order valence-corrected chi connectivity index (χ2v) is 13.5. The SMILES string of the molecule is CCOC(=O)/C=C/c1c2nc(cc3nc(c(/C=C/C(=O)OCC)c4[nH]c(cc5[nH]c1c(CC)c5CC)c(CC)c4CC)C(CC)=C3CC)C(CC)=C2CC. The Kier molecular flexibility index (Phi) is 13.3. The first kappa shape index (κ1) is 40.2. The van der Waals surface area contributed by atoms with Crippen LogP contribution in [0.4, 0.5) is 0 Å². The molecule has 0 unspecified atom stereocenters. The van der Waals surface area contributed by atoms with Crippen molar-refractivity contribution in [1.29, 1.82) is 0 Å². The van der Waals surface area contributed by atoms with Gasteiger partial charge in [-0.05, 0) is 134 Å². The number of fused-ring (bicyclic) bond motifs is 8. The number of hydrogen-bond acceptors (Lipinski definition) is 6. The third kappa shape index (κ3) is 7.53. The second-order valence-electron chi connectivity index (χ2n) is 13.5. The summed E-state index contributed by atoms with van der Waals surface area (Å²) in [6, 6.07) is 4.39. The number of H-pyrrole nitrogens is 2. The maximum Gasteiger partial charge on any atom is 0.330 e. The summed E-state index contributed by atoms with van der Waals surface area (Å²) in [5.41, 5.74) is 18.8. The van der Waals surface area contributed by atoms with Crippen LogP contribution in [0, 0.1) is 0 Å². The minimum atomic E-state index is -0.382. The fraction of sp³-hybridized carbons (Fsp3) is 0.435. The van der Waals surface area contributed by atoms with Gasteiger partial charge >= 0.3 is 11.9 Å².